The number of carbonyl (C=O) groups is 2. The molecule has 0 aliphatic rings. The summed E-state index contributed by atoms with van der Waals surface area (Å²) in [5.74, 6) is -1.02. The van der Waals surface area contributed by atoms with Crippen molar-refractivity contribution in [2.75, 3.05) is 6.54 Å². The van der Waals surface area contributed by atoms with Crippen LogP contribution in [0, 0.1) is 0 Å². The van der Waals surface area contributed by atoms with Crippen LogP contribution in [0.15, 0.2) is 11.6 Å². The molecule has 19 heavy (non-hydrogen) atoms. The lowest BCUT2D eigenvalue weighted by Crippen LogP contribution is -2.35. The van der Waals surface area contributed by atoms with E-state index in [0.29, 0.717) is 11.5 Å². The number of nitrogens with zero attached hydrogens (tertiary/aromatic N) is 2. The molecular formula is C11H12ClN3O3S. The van der Waals surface area contributed by atoms with Gasteiger partial charge in [-0.3, -0.25) is 9.20 Å². The van der Waals surface area contributed by atoms with Gasteiger partial charge >= 0.3 is 5.97 Å². The van der Waals surface area contributed by atoms with Crippen molar-refractivity contribution >= 4 is 39.8 Å². The Balaban J connectivity index is 2.18. The number of hydrogen-bond donors (Lipinski definition) is 1. The van der Waals surface area contributed by atoms with E-state index in [1.807, 2.05) is 0 Å². The SMILES string of the molecule is CCNC(=O)[C@H](C)OC(=O)c1c(Cl)nc2sccn12. The molecule has 0 fully saturated rings. The first kappa shape index (κ1) is 13.8. The molecule has 2 aromatic rings. The number of nitrogens with one attached hydrogen (secondary N) is 1. The van der Waals surface area contributed by atoms with Crippen LogP contribution in [-0.2, 0) is 9.53 Å². The lowest BCUT2D eigenvalue weighted by molar-refractivity contribution is -0.128. The highest BCUT2D eigenvalue weighted by atomic mass is 35.5. The Kier molecular flexibility index (Phi) is 4.06. The summed E-state index contributed by atoms with van der Waals surface area (Å²) in [5, 5.41) is 4.42. The number of imidazole rings is 1. The van der Waals surface area contributed by atoms with E-state index in [-0.39, 0.29) is 16.8 Å². The van der Waals surface area contributed by atoms with Crippen molar-refractivity contribution < 1.29 is 14.3 Å². The van der Waals surface area contributed by atoms with Crippen LogP contribution < -0.4 is 5.32 Å². The first-order valence-corrected chi connectivity index (χ1v) is 6.90. The molecular weight excluding hydrogens is 290 g/mol. The summed E-state index contributed by atoms with van der Waals surface area (Å²) in [5.41, 5.74) is 0.133. The number of fused-ring (bicyclic) bond motifs is 1. The average Bonchev–Trinajstić information content (AvgIpc) is 2.88. The second kappa shape index (κ2) is 5.58. The molecule has 2 aromatic heterocycles. The Morgan fingerprint density at radius 1 is 1.63 bits per heavy atom. The Labute approximate surface area is 118 Å². The molecule has 0 saturated heterocycles. The molecule has 1 amide bonds. The van der Waals surface area contributed by atoms with Crippen molar-refractivity contribution in [3.05, 3.63) is 22.4 Å². The number of ether oxygens (including phenoxy) is 1. The third-order valence-corrected chi connectivity index (χ3v) is 3.44. The number of esters is 1. The summed E-state index contributed by atoms with van der Waals surface area (Å²) < 4.78 is 6.62. The predicted octanol–water partition coefficient (Wildman–Crippen LogP) is 1.73. The average molecular weight is 302 g/mol. The quantitative estimate of drug-likeness (QED) is 0.873. The molecule has 1 atom stereocenters. The molecule has 0 aromatic carbocycles. The van der Waals surface area contributed by atoms with Crippen LogP contribution in [0.1, 0.15) is 24.3 Å². The van der Waals surface area contributed by atoms with Crippen molar-refractivity contribution in [3.8, 4) is 0 Å². The van der Waals surface area contributed by atoms with Crippen LogP contribution in [0.3, 0.4) is 0 Å². The lowest BCUT2D eigenvalue weighted by atomic mass is 10.3. The first-order valence-electron chi connectivity index (χ1n) is 5.64. The molecule has 0 unspecified atom stereocenters. The van der Waals surface area contributed by atoms with E-state index in [0.717, 1.165) is 0 Å². The smallest absolute Gasteiger partial charge is 0.359 e. The maximum absolute atomic E-state index is 12.0. The van der Waals surface area contributed by atoms with Crippen molar-refractivity contribution in [2.24, 2.45) is 0 Å². The molecule has 2 heterocycles. The van der Waals surface area contributed by atoms with Gasteiger partial charge < -0.3 is 10.1 Å². The summed E-state index contributed by atoms with van der Waals surface area (Å²) >= 11 is 7.25. The molecule has 102 valence electrons. The first-order chi connectivity index (χ1) is 9.04. The molecule has 1 N–H and O–H groups in total. The Hall–Kier alpha value is -1.60. The van der Waals surface area contributed by atoms with Crippen LogP contribution in [-0.4, -0.2) is 33.9 Å². The van der Waals surface area contributed by atoms with Gasteiger partial charge in [0.15, 0.2) is 21.9 Å². The highest BCUT2D eigenvalue weighted by Gasteiger charge is 2.24. The minimum Gasteiger partial charge on any atom is -0.448 e. The van der Waals surface area contributed by atoms with Gasteiger partial charge in [-0.25, -0.2) is 9.78 Å². The lowest BCUT2D eigenvalue weighted by Gasteiger charge is -2.12. The third-order valence-electron chi connectivity index (χ3n) is 2.42. The summed E-state index contributed by atoms with van der Waals surface area (Å²) in [7, 11) is 0. The highest BCUT2D eigenvalue weighted by molar-refractivity contribution is 7.15. The van der Waals surface area contributed by atoms with E-state index >= 15 is 0 Å². The fraction of sp³-hybridized carbons (Fsp3) is 0.364. The third kappa shape index (κ3) is 2.71. The maximum Gasteiger partial charge on any atom is 0.359 e. The molecule has 0 aliphatic carbocycles. The summed E-state index contributed by atoms with van der Waals surface area (Å²) in [6, 6.07) is 0. The van der Waals surface area contributed by atoms with Crippen molar-refractivity contribution in [2.45, 2.75) is 20.0 Å². The van der Waals surface area contributed by atoms with Crippen LogP contribution in [0.25, 0.3) is 4.96 Å². The number of hydrogen-bond acceptors (Lipinski definition) is 5. The molecule has 0 spiro atoms. The summed E-state index contributed by atoms with van der Waals surface area (Å²) in [6.45, 7) is 3.76. The fourth-order valence-corrected chi connectivity index (χ4v) is 2.54. The highest BCUT2D eigenvalue weighted by Crippen LogP contribution is 2.22. The number of rotatable bonds is 4. The molecule has 0 aliphatic heterocycles. The number of thiazole rings is 1. The maximum atomic E-state index is 12.0. The monoisotopic (exact) mass is 301 g/mol. The number of likely N-dealkylation sites (N-methyl/N-ethyl adjacent to an activating group) is 1. The van der Waals surface area contributed by atoms with E-state index in [1.165, 1.54) is 18.3 Å². The number of aromatic nitrogens is 2. The number of halogens is 1. The van der Waals surface area contributed by atoms with E-state index in [4.69, 9.17) is 16.3 Å². The molecule has 0 bridgehead atoms. The Bertz CT molecular complexity index is 622. The van der Waals surface area contributed by atoms with Crippen LogP contribution >= 0.6 is 22.9 Å². The van der Waals surface area contributed by atoms with Gasteiger partial charge in [0.1, 0.15) is 0 Å². The van der Waals surface area contributed by atoms with Crippen LogP contribution in [0.2, 0.25) is 5.15 Å². The molecule has 8 heteroatoms. The van der Waals surface area contributed by atoms with Crippen LogP contribution in [0.4, 0.5) is 0 Å². The van der Waals surface area contributed by atoms with Gasteiger partial charge in [-0.15, -0.1) is 11.3 Å². The van der Waals surface area contributed by atoms with E-state index < -0.39 is 12.1 Å². The minimum absolute atomic E-state index is 0.0694. The fourth-order valence-electron chi connectivity index (χ4n) is 1.53. The Morgan fingerprint density at radius 3 is 3.05 bits per heavy atom. The number of carbonyl (C=O) groups excluding carboxylic acids is 2. The van der Waals surface area contributed by atoms with Gasteiger partial charge in [-0.1, -0.05) is 11.6 Å². The number of amides is 1. The van der Waals surface area contributed by atoms with Gasteiger partial charge in [0.25, 0.3) is 5.91 Å². The van der Waals surface area contributed by atoms with Crippen molar-refractivity contribution in [1.82, 2.24) is 14.7 Å². The second-order valence-corrected chi connectivity index (χ2v) is 4.98. The summed E-state index contributed by atoms with van der Waals surface area (Å²) in [4.78, 5) is 28.1. The summed E-state index contributed by atoms with van der Waals surface area (Å²) in [6.07, 6.45) is 0.791. The van der Waals surface area contributed by atoms with Gasteiger partial charge in [0.05, 0.1) is 0 Å². The van der Waals surface area contributed by atoms with Gasteiger partial charge in [-0.05, 0) is 13.8 Å². The minimum atomic E-state index is -0.882. The van der Waals surface area contributed by atoms with Crippen molar-refractivity contribution in [1.29, 1.82) is 0 Å². The zero-order valence-corrected chi connectivity index (χ0v) is 11.9. The normalized spacial score (nSPS) is 12.4. The zero-order chi connectivity index (χ0) is 14.0. The van der Waals surface area contributed by atoms with E-state index in [9.17, 15) is 9.59 Å². The van der Waals surface area contributed by atoms with Crippen LogP contribution in [0.5, 0.6) is 0 Å². The predicted molar refractivity (Wildman–Crippen MR) is 71.6 cm³/mol. The molecule has 0 radical (unpaired) electrons. The standard InChI is InChI=1S/C11H12ClN3O3S/c1-3-13-9(16)6(2)18-10(17)7-8(12)14-11-15(7)4-5-19-11/h4-6H,3H2,1-2H3,(H,13,16)/t6-/m0/s1. The van der Waals surface area contributed by atoms with Gasteiger partial charge in [0, 0.05) is 18.1 Å². The van der Waals surface area contributed by atoms with Crippen molar-refractivity contribution in [3.63, 3.8) is 0 Å². The largest absolute Gasteiger partial charge is 0.448 e. The Morgan fingerprint density at radius 2 is 2.37 bits per heavy atom. The molecule has 0 saturated carbocycles. The van der Waals surface area contributed by atoms with E-state index in [2.05, 4.69) is 10.3 Å². The zero-order valence-electron chi connectivity index (χ0n) is 10.3. The topological polar surface area (TPSA) is 72.7 Å². The molecule has 6 nitrogen and oxygen atoms in total. The molecule has 2 rings (SSSR count). The van der Waals surface area contributed by atoms with Gasteiger partial charge in [0.2, 0.25) is 0 Å². The van der Waals surface area contributed by atoms with Gasteiger partial charge in [-0.2, -0.15) is 0 Å². The second-order valence-electron chi connectivity index (χ2n) is 3.75. The van der Waals surface area contributed by atoms with E-state index in [1.54, 1.807) is 22.9 Å².